The average molecular weight is 504 g/mol. The van der Waals surface area contributed by atoms with E-state index in [1.807, 2.05) is 4.90 Å². The molecule has 2 saturated heterocycles. The summed E-state index contributed by atoms with van der Waals surface area (Å²) in [5.41, 5.74) is 0.641. The van der Waals surface area contributed by atoms with E-state index in [9.17, 15) is 22.8 Å². The van der Waals surface area contributed by atoms with Crippen LogP contribution in [0.4, 0.5) is 13.2 Å². The van der Waals surface area contributed by atoms with E-state index < -0.39 is 12.1 Å². The summed E-state index contributed by atoms with van der Waals surface area (Å²) in [4.78, 5) is 38.8. The second kappa shape index (κ2) is 9.73. The van der Waals surface area contributed by atoms with E-state index in [4.69, 9.17) is 21.5 Å². The number of carboxylic acids is 1. The first-order valence-electron chi connectivity index (χ1n) is 11.1. The monoisotopic (exact) mass is 503 g/mol. The zero-order valence-electron chi connectivity index (χ0n) is 19.1. The lowest BCUT2D eigenvalue weighted by molar-refractivity contribution is -0.192. The first-order valence-corrected chi connectivity index (χ1v) is 11.5. The zero-order chi connectivity index (χ0) is 25.3. The molecule has 3 fully saturated rings. The van der Waals surface area contributed by atoms with E-state index in [0.29, 0.717) is 16.5 Å². The third kappa shape index (κ3) is 5.02. The van der Waals surface area contributed by atoms with E-state index >= 15 is 0 Å². The maximum Gasteiger partial charge on any atom is 0.490 e. The Labute approximate surface area is 201 Å². The van der Waals surface area contributed by atoms with Crippen molar-refractivity contribution in [1.29, 1.82) is 0 Å². The van der Waals surface area contributed by atoms with Crippen LogP contribution in [-0.2, 0) is 9.59 Å². The lowest BCUT2D eigenvalue weighted by Crippen LogP contribution is -2.49. The molecular weight excluding hydrogens is 475 g/mol. The summed E-state index contributed by atoms with van der Waals surface area (Å²) in [5, 5.41) is 10.7. The number of rotatable bonds is 2. The number of carboxylic acid groups (broad SMARTS) is 1. The van der Waals surface area contributed by atoms with E-state index in [1.165, 1.54) is 0 Å². The molecule has 4 rings (SSSR count). The van der Waals surface area contributed by atoms with Gasteiger partial charge in [-0.1, -0.05) is 11.6 Å². The van der Waals surface area contributed by atoms with Crippen molar-refractivity contribution in [3.8, 4) is 0 Å². The maximum atomic E-state index is 12.8. The minimum atomic E-state index is -5.08. The van der Waals surface area contributed by atoms with Gasteiger partial charge in [-0.25, -0.2) is 4.79 Å². The predicted octanol–water partition coefficient (Wildman–Crippen LogP) is 3.28. The highest BCUT2D eigenvalue weighted by Gasteiger charge is 2.63. The highest BCUT2D eigenvalue weighted by Crippen LogP contribution is 2.61. The Balaban J connectivity index is 0.000000406. The van der Waals surface area contributed by atoms with Crippen LogP contribution in [0.15, 0.2) is 24.3 Å². The summed E-state index contributed by atoms with van der Waals surface area (Å²) in [5.74, 6) is -2.08. The van der Waals surface area contributed by atoms with E-state index in [-0.39, 0.29) is 22.6 Å². The largest absolute Gasteiger partial charge is 0.490 e. The van der Waals surface area contributed by atoms with Crippen molar-refractivity contribution in [3.05, 3.63) is 34.9 Å². The smallest absolute Gasteiger partial charge is 0.475 e. The molecular formula is C23H29ClF3N3O4. The number of carbonyl (C=O) groups excluding carboxylic acids is 2. The van der Waals surface area contributed by atoms with Gasteiger partial charge in [0.2, 0.25) is 5.91 Å². The van der Waals surface area contributed by atoms with Crippen LogP contribution in [0.25, 0.3) is 0 Å². The quantitative estimate of drug-likeness (QED) is 0.646. The normalized spacial score (nSPS) is 25.9. The Morgan fingerprint density at radius 1 is 1.09 bits per heavy atom. The SMILES string of the molecule is CNC(=O)[C@@]12CCC3(CCN(C(=O)c4ccc(Cl)cc4)CC3)[C@@H]1CN(C)C2.O=C(O)C(F)(F)F. The summed E-state index contributed by atoms with van der Waals surface area (Å²) in [6, 6.07) is 7.13. The summed E-state index contributed by atoms with van der Waals surface area (Å²) in [6.45, 7) is 3.38. The molecule has 1 aromatic rings. The van der Waals surface area contributed by atoms with Gasteiger partial charge in [0, 0.05) is 43.8 Å². The lowest BCUT2D eigenvalue weighted by atomic mass is 9.65. The second-order valence-electron chi connectivity index (χ2n) is 9.45. The fourth-order valence-electron chi connectivity index (χ4n) is 5.94. The van der Waals surface area contributed by atoms with Gasteiger partial charge >= 0.3 is 12.1 Å². The molecule has 0 radical (unpaired) electrons. The maximum absolute atomic E-state index is 12.8. The number of nitrogens with one attached hydrogen (secondary N) is 1. The van der Waals surface area contributed by atoms with Crippen LogP contribution in [0.1, 0.15) is 36.0 Å². The molecule has 1 aromatic carbocycles. The van der Waals surface area contributed by atoms with Gasteiger partial charge in [-0.05, 0) is 68.3 Å². The van der Waals surface area contributed by atoms with Gasteiger partial charge < -0.3 is 20.2 Å². The van der Waals surface area contributed by atoms with E-state index in [1.54, 1.807) is 31.3 Å². The number of carbonyl (C=O) groups is 3. The van der Waals surface area contributed by atoms with Gasteiger partial charge in [-0.2, -0.15) is 13.2 Å². The number of amides is 2. The summed E-state index contributed by atoms with van der Waals surface area (Å²) >= 11 is 5.94. The van der Waals surface area contributed by atoms with Crippen LogP contribution < -0.4 is 5.32 Å². The van der Waals surface area contributed by atoms with Gasteiger partial charge in [0.1, 0.15) is 0 Å². The molecule has 188 valence electrons. The number of benzene rings is 1. The molecule has 1 saturated carbocycles. The van der Waals surface area contributed by atoms with Crippen LogP contribution >= 0.6 is 11.6 Å². The molecule has 2 N–H and O–H groups in total. The molecule has 2 amide bonds. The lowest BCUT2D eigenvalue weighted by Gasteiger charge is -2.44. The molecule has 0 unspecified atom stereocenters. The highest BCUT2D eigenvalue weighted by atomic mass is 35.5. The fourth-order valence-corrected chi connectivity index (χ4v) is 6.07. The predicted molar refractivity (Wildman–Crippen MR) is 119 cm³/mol. The number of likely N-dealkylation sites (tertiary alicyclic amines) is 2. The molecule has 3 aliphatic rings. The van der Waals surface area contributed by atoms with Gasteiger partial charge in [-0.3, -0.25) is 9.59 Å². The Kier molecular flexibility index (Phi) is 7.52. The molecule has 1 spiro atoms. The van der Waals surface area contributed by atoms with Crippen molar-refractivity contribution in [2.75, 3.05) is 40.3 Å². The first-order chi connectivity index (χ1) is 15.8. The molecule has 2 heterocycles. The van der Waals surface area contributed by atoms with Crippen molar-refractivity contribution >= 4 is 29.4 Å². The van der Waals surface area contributed by atoms with Crippen LogP contribution in [0.5, 0.6) is 0 Å². The first kappa shape index (κ1) is 26.3. The second-order valence-corrected chi connectivity index (χ2v) is 9.89. The van der Waals surface area contributed by atoms with E-state index in [2.05, 4.69) is 17.3 Å². The van der Waals surface area contributed by atoms with Crippen LogP contribution in [0.3, 0.4) is 0 Å². The van der Waals surface area contributed by atoms with Crippen molar-refractivity contribution in [2.24, 2.45) is 16.7 Å². The summed E-state index contributed by atoms with van der Waals surface area (Å²) < 4.78 is 31.7. The van der Waals surface area contributed by atoms with Crippen LogP contribution in [0, 0.1) is 16.7 Å². The molecule has 34 heavy (non-hydrogen) atoms. The molecule has 2 atom stereocenters. The van der Waals surface area contributed by atoms with Gasteiger partial charge in [0.25, 0.3) is 5.91 Å². The molecule has 0 bridgehead atoms. The molecule has 1 aliphatic carbocycles. The number of halogens is 4. The molecule has 7 nitrogen and oxygen atoms in total. The Morgan fingerprint density at radius 2 is 1.65 bits per heavy atom. The minimum absolute atomic E-state index is 0.0839. The number of hydrogen-bond donors (Lipinski definition) is 2. The minimum Gasteiger partial charge on any atom is -0.475 e. The Hall–Kier alpha value is -2.33. The number of hydrogen-bond acceptors (Lipinski definition) is 4. The number of piperidine rings is 1. The number of aliphatic carboxylic acids is 1. The average Bonchev–Trinajstić information content (AvgIpc) is 3.28. The third-order valence-corrected chi connectivity index (χ3v) is 7.83. The molecule has 0 aromatic heterocycles. The summed E-state index contributed by atoms with van der Waals surface area (Å²) in [7, 11) is 3.88. The van der Waals surface area contributed by atoms with Crippen molar-refractivity contribution in [1.82, 2.24) is 15.1 Å². The molecule has 2 aliphatic heterocycles. The van der Waals surface area contributed by atoms with Crippen molar-refractivity contribution in [3.63, 3.8) is 0 Å². The topological polar surface area (TPSA) is 90.0 Å². The molecule has 11 heteroatoms. The van der Waals surface area contributed by atoms with Gasteiger partial charge in [0.05, 0.1) is 5.41 Å². The van der Waals surface area contributed by atoms with Gasteiger partial charge in [0.15, 0.2) is 0 Å². The van der Waals surface area contributed by atoms with Crippen molar-refractivity contribution < 1.29 is 32.7 Å². The zero-order valence-corrected chi connectivity index (χ0v) is 19.9. The Bertz CT molecular complexity index is 932. The van der Waals surface area contributed by atoms with Gasteiger partial charge in [-0.15, -0.1) is 0 Å². The number of alkyl halides is 3. The third-order valence-electron chi connectivity index (χ3n) is 7.58. The van der Waals surface area contributed by atoms with E-state index in [0.717, 1.165) is 51.9 Å². The number of fused-ring (bicyclic) bond motifs is 2. The highest BCUT2D eigenvalue weighted by molar-refractivity contribution is 6.30. The van der Waals surface area contributed by atoms with Crippen LogP contribution in [-0.4, -0.2) is 79.1 Å². The summed E-state index contributed by atoms with van der Waals surface area (Å²) in [6.07, 6.45) is -1.04. The number of nitrogens with zero attached hydrogens (tertiary/aromatic N) is 2. The standard InChI is InChI=1S/C21H28ClN3O2.C2HF3O2/c1-23-19(27)21-8-7-20(17(21)13-24(2)14-21)9-11-25(12-10-20)18(26)15-3-5-16(22)6-4-15;3-2(4,5)1(6)7/h3-6,17H,7-14H2,1-2H3,(H,23,27);(H,6,7)/t17-,21+;/m0./s1. The Morgan fingerprint density at radius 3 is 2.15 bits per heavy atom. The van der Waals surface area contributed by atoms with Crippen LogP contribution in [0.2, 0.25) is 5.02 Å². The van der Waals surface area contributed by atoms with Crippen molar-refractivity contribution in [2.45, 2.75) is 31.9 Å². The fraction of sp³-hybridized carbons (Fsp3) is 0.609.